The highest BCUT2D eigenvalue weighted by molar-refractivity contribution is 5.79. The summed E-state index contributed by atoms with van der Waals surface area (Å²) in [4.78, 5) is 0. The van der Waals surface area contributed by atoms with Gasteiger partial charge in [0.15, 0.2) is 0 Å². The number of nitrogens with zero attached hydrogens (tertiary/aromatic N) is 1. The van der Waals surface area contributed by atoms with Crippen LogP contribution < -0.4 is 15.2 Å². The monoisotopic (exact) mass is 263 g/mol. The molecule has 0 spiro atoms. The highest BCUT2D eigenvalue weighted by Gasteiger charge is 2.15. The van der Waals surface area contributed by atoms with E-state index in [9.17, 15) is 0 Å². The van der Waals surface area contributed by atoms with E-state index in [2.05, 4.69) is 10.2 Å². The number of nitrogen functional groups attached to an aromatic ring is 1. The van der Waals surface area contributed by atoms with Crippen LogP contribution in [0, 0.1) is 0 Å². The fraction of sp³-hybridized carbons (Fsp3) is 0.308. The average Bonchev–Trinajstić information content (AvgIpc) is 2.84. The van der Waals surface area contributed by atoms with Crippen LogP contribution in [0.5, 0.6) is 11.5 Å². The summed E-state index contributed by atoms with van der Waals surface area (Å²) in [5.41, 5.74) is 8.36. The van der Waals surface area contributed by atoms with E-state index in [1.54, 1.807) is 27.5 Å². The zero-order valence-corrected chi connectivity index (χ0v) is 11.2. The molecule has 0 fully saturated rings. The summed E-state index contributed by atoms with van der Waals surface area (Å²) in [6, 6.07) is 3.75. The van der Waals surface area contributed by atoms with E-state index in [4.69, 9.17) is 19.9 Å². The predicted octanol–water partition coefficient (Wildman–Crippen LogP) is 1.82. The van der Waals surface area contributed by atoms with Crippen LogP contribution in [-0.2, 0) is 11.3 Å². The van der Waals surface area contributed by atoms with E-state index in [-0.39, 0.29) is 0 Å². The number of ether oxygens (including phenoxy) is 3. The number of H-pyrrole nitrogens is 1. The van der Waals surface area contributed by atoms with E-state index in [1.807, 2.05) is 12.1 Å². The number of hydrogen-bond acceptors (Lipinski definition) is 5. The zero-order valence-electron chi connectivity index (χ0n) is 11.2. The van der Waals surface area contributed by atoms with Gasteiger partial charge in [-0.2, -0.15) is 5.10 Å². The maximum atomic E-state index is 5.85. The van der Waals surface area contributed by atoms with Crippen molar-refractivity contribution in [3.8, 4) is 22.6 Å². The molecule has 102 valence electrons. The molecule has 19 heavy (non-hydrogen) atoms. The number of anilines is 1. The lowest BCUT2D eigenvalue weighted by atomic mass is 10.0. The molecule has 6 nitrogen and oxygen atoms in total. The second-order valence-corrected chi connectivity index (χ2v) is 3.99. The van der Waals surface area contributed by atoms with Gasteiger partial charge in [-0.25, -0.2) is 0 Å². The van der Waals surface area contributed by atoms with Gasteiger partial charge < -0.3 is 19.9 Å². The molecule has 3 N–H and O–H groups in total. The van der Waals surface area contributed by atoms with Gasteiger partial charge >= 0.3 is 0 Å². The standard InChI is InChI=1S/C13H17N3O3/c1-17-7-8-4-12(19-3)9(5-11(8)18-2)10-6-15-16-13(10)14/h4-6H,7H2,1-3H3,(H3,14,15,16). The summed E-state index contributed by atoms with van der Waals surface area (Å²) in [6.07, 6.45) is 1.66. The molecule has 0 bridgehead atoms. The lowest BCUT2D eigenvalue weighted by Gasteiger charge is -2.14. The Morgan fingerprint density at radius 1 is 1.11 bits per heavy atom. The van der Waals surface area contributed by atoms with Gasteiger partial charge in [0.25, 0.3) is 0 Å². The molecule has 0 aliphatic rings. The van der Waals surface area contributed by atoms with Crippen LogP contribution in [0.3, 0.4) is 0 Å². The number of aromatic amines is 1. The highest BCUT2D eigenvalue weighted by Crippen LogP contribution is 2.38. The van der Waals surface area contributed by atoms with Crippen molar-refractivity contribution in [2.45, 2.75) is 6.61 Å². The van der Waals surface area contributed by atoms with E-state index in [0.717, 1.165) is 22.4 Å². The number of aromatic nitrogens is 2. The van der Waals surface area contributed by atoms with Gasteiger partial charge in [-0.15, -0.1) is 0 Å². The summed E-state index contributed by atoms with van der Waals surface area (Å²) in [7, 11) is 4.86. The highest BCUT2D eigenvalue weighted by atomic mass is 16.5. The smallest absolute Gasteiger partial charge is 0.127 e. The normalized spacial score (nSPS) is 10.5. The average molecular weight is 263 g/mol. The molecule has 0 saturated heterocycles. The lowest BCUT2D eigenvalue weighted by molar-refractivity contribution is 0.181. The van der Waals surface area contributed by atoms with Gasteiger partial charge in [-0.1, -0.05) is 0 Å². The lowest BCUT2D eigenvalue weighted by Crippen LogP contribution is -1.98. The Hall–Kier alpha value is -2.21. The molecule has 0 aliphatic heterocycles. The summed E-state index contributed by atoms with van der Waals surface area (Å²) in [5.74, 6) is 1.90. The van der Waals surface area contributed by atoms with Gasteiger partial charge in [0.2, 0.25) is 0 Å². The van der Waals surface area contributed by atoms with Crippen LogP contribution in [0.2, 0.25) is 0 Å². The molecule has 0 atom stereocenters. The maximum Gasteiger partial charge on any atom is 0.127 e. The summed E-state index contributed by atoms with van der Waals surface area (Å²) in [6.45, 7) is 0.445. The Bertz CT molecular complexity index is 566. The number of benzene rings is 1. The van der Waals surface area contributed by atoms with Gasteiger partial charge in [-0.3, -0.25) is 5.10 Å². The molecule has 0 saturated carbocycles. The summed E-state index contributed by atoms with van der Waals surface area (Å²) in [5, 5.41) is 6.62. The van der Waals surface area contributed by atoms with Crippen molar-refractivity contribution in [3.63, 3.8) is 0 Å². The Labute approximate surface area is 111 Å². The van der Waals surface area contributed by atoms with Crippen molar-refractivity contribution in [3.05, 3.63) is 23.9 Å². The molecule has 1 aromatic carbocycles. The minimum Gasteiger partial charge on any atom is -0.496 e. The molecule has 1 heterocycles. The Morgan fingerprint density at radius 3 is 2.37 bits per heavy atom. The molecule has 2 rings (SSSR count). The first-order chi connectivity index (χ1) is 9.21. The number of hydrogen-bond donors (Lipinski definition) is 2. The Morgan fingerprint density at radius 2 is 1.84 bits per heavy atom. The topological polar surface area (TPSA) is 82.4 Å². The Kier molecular flexibility index (Phi) is 3.91. The van der Waals surface area contributed by atoms with Crippen molar-refractivity contribution in [1.82, 2.24) is 10.2 Å². The molecule has 0 radical (unpaired) electrons. The first-order valence-corrected chi connectivity index (χ1v) is 5.74. The van der Waals surface area contributed by atoms with Crippen molar-refractivity contribution >= 4 is 5.82 Å². The van der Waals surface area contributed by atoms with Crippen LogP contribution in [0.15, 0.2) is 18.3 Å². The van der Waals surface area contributed by atoms with Crippen molar-refractivity contribution in [1.29, 1.82) is 0 Å². The molecular weight excluding hydrogens is 246 g/mol. The third kappa shape index (κ3) is 2.48. The molecule has 0 aliphatic carbocycles. The second-order valence-electron chi connectivity index (χ2n) is 3.99. The number of rotatable bonds is 5. The van der Waals surface area contributed by atoms with Crippen molar-refractivity contribution in [2.75, 3.05) is 27.1 Å². The SMILES string of the molecule is COCc1cc(OC)c(-c2cn[nH]c2N)cc1OC. The van der Waals surface area contributed by atoms with Crippen LogP contribution in [0.1, 0.15) is 5.56 Å². The van der Waals surface area contributed by atoms with E-state index in [0.29, 0.717) is 18.2 Å². The first-order valence-electron chi connectivity index (χ1n) is 5.74. The van der Waals surface area contributed by atoms with Crippen LogP contribution in [-0.4, -0.2) is 31.5 Å². The quantitative estimate of drug-likeness (QED) is 0.859. The minimum absolute atomic E-state index is 0.445. The van der Waals surface area contributed by atoms with E-state index in [1.165, 1.54) is 0 Å². The third-order valence-corrected chi connectivity index (χ3v) is 2.86. The molecule has 1 aromatic heterocycles. The van der Waals surface area contributed by atoms with Gasteiger partial charge in [0.1, 0.15) is 17.3 Å². The van der Waals surface area contributed by atoms with Crippen LogP contribution in [0.4, 0.5) is 5.82 Å². The molecule has 0 amide bonds. The second kappa shape index (κ2) is 5.62. The first kappa shape index (κ1) is 13.2. The summed E-state index contributed by atoms with van der Waals surface area (Å²) < 4.78 is 15.9. The fourth-order valence-corrected chi connectivity index (χ4v) is 1.95. The fourth-order valence-electron chi connectivity index (χ4n) is 1.95. The molecular formula is C13H17N3O3. The minimum atomic E-state index is 0.445. The van der Waals surface area contributed by atoms with Crippen LogP contribution in [0.25, 0.3) is 11.1 Å². The van der Waals surface area contributed by atoms with Gasteiger partial charge in [0.05, 0.1) is 27.0 Å². The number of methoxy groups -OCH3 is 3. The molecule has 6 heteroatoms. The van der Waals surface area contributed by atoms with Crippen molar-refractivity contribution in [2.24, 2.45) is 0 Å². The van der Waals surface area contributed by atoms with Gasteiger partial charge in [0, 0.05) is 23.8 Å². The van der Waals surface area contributed by atoms with Crippen molar-refractivity contribution < 1.29 is 14.2 Å². The number of nitrogens with two attached hydrogens (primary N) is 1. The molecule has 0 unspecified atom stereocenters. The van der Waals surface area contributed by atoms with E-state index < -0.39 is 0 Å². The molecule has 2 aromatic rings. The third-order valence-electron chi connectivity index (χ3n) is 2.86. The maximum absolute atomic E-state index is 5.85. The number of nitrogens with one attached hydrogen (secondary N) is 1. The Balaban J connectivity index is 2.57. The van der Waals surface area contributed by atoms with Gasteiger partial charge in [-0.05, 0) is 12.1 Å². The zero-order chi connectivity index (χ0) is 13.8. The summed E-state index contributed by atoms with van der Waals surface area (Å²) >= 11 is 0. The van der Waals surface area contributed by atoms with Crippen LogP contribution >= 0.6 is 0 Å². The largest absolute Gasteiger partial charge is 0.496 e. The predicted molar refractivity (Wildman–Crippen MR) is 72.3 cm³/mol. The van der Waals surface area contributed by atoms with E-state index >= 15 is 0 Å².